The molecule has 2 rings (SSSR count). The lowest BCUT2D eigenvalue weighted by Gasteiger charge is -2.26. The summed E-state index contributed by atoms with van der Waals surface area (Å²) in [5.41, 5.74) is 0. The quantitative estimate of drug-likeness (QED) is 0.904. The van der Waals surface area contributed by atoms with Crippen molar-refractivity contribution in [2.45, 2.75) is 38.7 Å². The van der Waals surface area contributed by atoms with Crippen molar-refractivity contribution in [3.8, 4) is 5.88 Å². The average molecular weight is 286 g/mol. The van der Waals surface area contributed by atoms with Crippen LogP contribution >= 0.6 is 15.9 Å². The molecule has 88 valence electrons. The zero-order valence-electron chi connectivity index (χ0n) is 9.37. The molecule has 0 atom stereocenters. The Kier molecular flexibility index (Phi) is 3.98. The summed E-state index contributed by atoms with van der Waals surface area (Å²) in [6.45, 7) is 3.02. The van der Waals surface area contributed by atoms with Gasteiger partial charge in [0.2, 0.25) is 5.88 Å². The summed E-state index contributed by atoms with van der Waals surface area (Å²) in [5, 5.41) is 3.23. The SMILES string of the molecule is CCCNc1ncnc(OC2CCC2)c1Br. The molecule has 0 aliphatic heterocycles. The molecule has 0 unspecified atom stereocenters. The van der Waals surface area contributed by atoms with E-state index < -0.39 is 0 Å². The summed E-state index contributed by atoms with van der Waals surface area (Å²) in [7, 11) is 0. The molecule has 1 aliphatic carbocycles. The molecular formula is C11H16BrN3O. The van der Waals surface area contributed by atoms with E-state index in [0.717, 1.165) is 36.1 Å². The first-order chi connectivity index (χ1) is 7.81. The van der Waals surface area contributed by atoms with Crippen molar-refractivity contribution >= 4 is 21.7 Å². The van der Waals surface area contributed by atoms with Gasteiger partial charge >= 0.3 is 0 Å². The Morgan fingerprint density at radius 3 is 2.94 bits per heavy atom. The van der Waals surface area contributed by atoms with Gasteiger partial charge in [-0.3, -0.25) is 0 Å². The van der Waals surface area contributed by atoms with Gasteiger partial charge in [0, 0.05) is 6.54 Å². The Hall–Kier alpha value is -0.840. The highest BCUT2D eigenvalue weighted by Gasteiger charge is 2.21. The molecule has 1 aromatic rings. The fourth-order valence-electron chi connectivity index (χ4n) is 1.45. The van der Waals surface area contributed by atoms with Crippen LogP contribution in [0.25, 0.3) is 0 Å². The topological polar surface area (TPSA) is 47.0 Å². The highest BCUT2D eigenvalue weighted by atomic mass is 79.9. The van der Waals surface area contributed by atoms with Crippen LogP contribution in [0, 0.1) is 0 Å². The van der Waals surface area contributed by atoms with Crippen LogP contribution in [-0.4, -0.2) is 22.6 Å². The largest absolute Gasteiger partial charge is 0.473 e. The van der Waals surface area contributed by atoms with Crippen LogP contribution in [0.1, 0.15) is 32.6 Å². The Balaban J connectivity index is 2.05. The van der Waals surface area contributed by atoms with Gasteiger partial charge in [-0.25, -0.2) is 9.97 Å². The van der Waals surface area contributed by atoms with E-state index >= 15 is 0 Å². The lowest BCUT2D eigenvalue weighted by molar-refractivity contribution is 0.113. The Morgan fingerprint density at radius 2 is 2.31 bits per heavy atom. The van der Waals surface area contributed by atoms with E-state index in [1.54, 1.807) is 0 Å². The fourth-order valence-corrected chi connectivity index (χ4v) is 1.89. The summed E-state index contributed by atoms with van der Waals surface area (Å²) in [5.74, 6) is 1.46. The number of ether oxygens (including phenoxy) is 1. The molecule has 0 radical (unpaired) electrons. The maximum Gasteiger partial charge on any atom is 0.233 e. The average Bonchev–Trinajstić information content (AvgIpc) is 2.23. The number of rotatable bonds is 5. The summed E-state index contributed by atoms with van der Waals surface area (Å²) in [6.07, 6.45) is 6.47. The van der Waals surface area contributed by atoms with Gasteiger partial charge in [-0.15, -0.1) is 0 Å². The minimum Gasteiger partial charge on any atom is -0.473 e. The third-order valence-electron chi connectivity index (χ3n) is 2.63. The molecule has 0 saturated heterocycles. The Bertz CT molecular complexity index is 355. The monoisotopic (exact) mass is 285 g/mol. The minimum absolute atomic E-state index is 0.338. The molecule has 4 nitrogen and oxygen atoms in total. The maximum absolute atomic E-state index is 5.76. The summed E-state index contributed by atoms with van der Waals surface area (Å²) < 4.78 is 6.59. The molecule has 1 N–H and O–H groups in total. The molecule has 1 saturated carbocycles. The second kappa shape index (κ2) is 5.48. The number of halogens is 1. The normalized spacial score (nSPS) is 15.6. The van der Waals surface area contributed by atoms with E-state index in [0.29, 0.717) is 12.0 Å². The van der Waals surface area contributed by atoms with E-state index in [9.17, 15) is 0 Å². The minimum atomic E-state index is 0.338. The van der Waals surface area contributed by atoms with Crippen LogP contribution in [0.2, 0.25) is 0 Å². The van der Waals surface area contributed by atoms with Crippen LogP contribution < -0.4 is 10.1 Å². The number of hydrogen-bond acceptors (Lipinski definition) is 4. The van der Waals surface area contributed by atoms with Gasteiger partial charge in [0.1, 0.15) is 22.7 Å². The van der Waals surface area contributed by atoms with E-state index in [2.05, 4.69) is 38.1 Å². The van der Waals surface area contributed by atoms with E-state index in [1.165, 1.54) is 12.7 Å². The molecule has 1 fully saturated rings. The van der Waals surface area contributed by atoms with Crippen molar-refractivity contribution in [1.29, 1.82) is 0 Å². The van der Waals surface area contributed by atoms with Gasteiger partial charge in [-0.2, -0.15) is 0 Å². The van der Waals surface area contributed by atoms with Crippen LogP contribution in [0.3, 0.4) is 0 Å². The van der Waals surface area contributed by atoms with Crippen LogP contribution in [-0.2, 0) is 0 Å². The smallest absolute Gasteiger partial charge is 0.233 e. The second-order valence-electron chi connectivity index (χ2n) is 3.94. The van der Waals surface area contributed by atoms with Crippen LogP contribution in [0.15, 0.2) is 10.8 Å². The maximum atomic E-state index is 5.76. The molecule has 0 amide bonds. The van der Waals surface area contributed by atoms with E-state index in [-0.39, 0.29) is 0 Å². The van der Waals surface area contributed by atoms with Crippen molar-refractivity contribution in [3.63, 3.8) is 0 Å². The van der Waals surface area contributed by atoms with Crippen LogP contribution in [0.5, 0.6) is 5.88 Å². The molecular weight excluding hydrogens is 270 g/mol. The predicted molar refractivity (Wildman–Crippen MR) is 66.8 cm³/mol. The summed E-state index contributed by atoms with van der Waals surface area (Å²) in [6, 6.07) is 0. The molecule has 5 heteroatoms. The third-order valence-corrected chi connectivity index (χ3v) is 3.35. The van der Waals surface area contributed by atoms with Gasteiger partial charge in [-0.05, 0) is 41.6 Å². The standard InChI is InChI=1S/C11H16BrN3O/c1-2-6-13-10-9(12)11(15-7-14-10)16-8-4-3-5-8/h7-8H,2-6H2,1H3,(H,13,14,15). The van der Waals surface area contributed by atoms with Gasteiger partial charge < -0.3 is 10.1 Å². The molecule has 0 aromatic carbocycles. The van der Waals surface area contributed by atoms with Gasteiger partial charge in [-0.1, -0.05) is 6.92 Å². The molecule has 1 heterocycles. The molecule has 1 aromatic heterocycles. The van der Waals surface area contributed by atoms with Crippen molar-refractivity contribution in [3.05, 3.63) is 10.8 Å². The predicted octanol–water partition coefficient (Wildman–Crippen LogP) is 2.99. The lowest BCUT2D eigenvalue weighted by atomic mass is 9.96. The van der Waals surface area contributed by atoms with Crippen molar-refractivity contribution in [2.75, 3.05) is 11.9 Å². The first kappa shape index (κ1) is 11.6. The number of nitrogens with zero attached hydrogens (tertiary/aromatic N) is 2. The Labute approximate surface area is 104 Å². The lowest BCUT2D eigenvalue weighted by Crippen LogP contribution is -2.25. The highest BCUT2D eigenvalue weighted by molar-refractivity contribution is 9.10. The van der Waals surface area contributed by atoms with Gasteiger partial charge in [0.05, 0.1) is 0 Å². The Morgan fingerprint density at radius 1 is 1.50 bits per heavy atom. The zero-order valence-corrected chi connectivity index (χ0v) is 11.0. The van der Waals surface area contributed by atoms with Gasteiger partial charge in [0.15, 0.2) is 0 Å². The zero-order chi connectivity index (χ0) is 11.4. The first-order valence-electron chi connectivity index (χ1n) is 5.72. The number of aromatic nitrogens is 2. The van der Waals surface area contributed by atoms with Crippen molar-refractivity contribution in [2.24, 2.45) is 0 Å². The fraction of sp³-hybridized carbons (Fsp3) is 0.636. The van der Waals surface area contributed by atoms with Gasteiger partial charge in [0.25, 0.3) is 0 Å². The summed E-state index contributed by atoms with van der Waals surface area (Å²) >= 11 is 3.48. The van der Waals surface area contributed by atoms with Crippen LogP contribution in [0.4, 0.5) is 5.82 Å². The molecule has 1 aliphatic rings. The molecule has 16 heavy (non-hydrogen) atoms. The molecule has 0 spiro atoms. The van der Waals surface area contributed by atoms with E-state index in [4.69, 9.17) is 4.74 Å². The number of anilines is 1. The molecule has 0 bridgehead atoms. The third kappa shape index (κ3) is 2.64. The second-order valence-corrected chi connectivity index (χ2v) is 4.73. The first-order valence-corrected chi connectivity index (χ1v) is 6.51. The summed E-state index contributed by atoms with van der Waals surface area (Å²) in [4.78, 5) is 8.33. The van der Waals surface area contributed by atoms with E-state index in [1.807, 2.05) is 0 Å². The number of hydrogen-bond donors (Lipinski definition) is 1. The van der Waals surface area contributed by atoms with Crippen molar-refractivity contribution in [1.82, 2.24) is 9.97 Å². The van der Waals surface area contributed by atoms with Crippen molar-refractivity contribution < 1.29 is 4.74 Å². The number of nitrogens with one attached hydrogen (secondary N) is 1. The highest BCUT2D eigenvalue weighted by Crippen LogP contribution is 2.32.